The molecule has 0 bridgehead atoms. The Morgan fingerprint density at radius 3 is 2.23 bits per heavy atom. The summed E-state index contributed by atoms with van der Waals surface area (Å²) in [5.41, 5.74) is 1.86. The highest BCUT2D eigenvalue weighted by molar-refractivity contribution is 6.30. The fourth-order valence-corrected chi connectivity index (χ4v) is 3.83. The van der Waals surface area contributed by atoms with Crippen LogP contribution in [0.25, 0.3) is 22.4 Å². The third-order valence-electron chi connectivity index (χ3n) is 5.39. The van der Waals surface area contributed by atoms with E-state index in [0.29, 0.717) is 22.8 Å². The third kappa shape index (κ3) is 5.38. The van der Waals surface area contributed by atoms with Gasteiger partial charge in [0.1, 0.15) is 12.4 Å². The Balaban J connectivity index is 1.53. The summed E-state index contributed by atoms with van der Waals surface area (Å²) in [4.78, 5) is 6.57. The number of benzene rings is 2. The number of rotatable bonds is 6. The minimum atomic E-state index is -4.51. The van der Waals surface area contributed by atoms with E-state index >= 15 is 0 Å². The zero-order chi connectivity index (χ0) is 21.8. The van der Waals surface area contributed by atoms with E-state index in [1.807, 2.05) is 18.2 Å². The van der Waals surface area contributed by atoms with Gasteiger partial charge in [-0.05, 0) is 67.9 Å². The average molecular weight is 447 g/mol. The molecule has 2 heterocycles. The van der Waals surface area contributed by atoms with Gasteiger partial charge in [0.25, 0.3) is 0 Å². The molecule has 0 atom stereocenters. The molecule has 1 aromatic heterocycles. The summed E-state index contributed by atoms with van der Waals surface area (Å²) in [6.07, 6.45) is -0.604. The Morgan fingerprint density at radius 2 is 1.58 bits per heavy atom. The second-order valence-electron chi connectivity index (χ2n) is 7.54. The number of pyridine rings is 1. The van der Waals surface area contributed by atoms with Gasteiger partial charge in [0.15, 0.2) is 0 Å². The first-order valence-corrected chi connectivity index (χ1v) is 10.6. The first-order valence-electron chi connectivity index (χ1n) is 10.2. The van der Waals surface area contributed by atoms with Gasteiger partial charge in [0.2, 0.25) is 0 Å². The molecular formula is C24H22ClF3N2O. The lowest BCUT2D eigenvalue weighted by atomic mass is 10.0. The summed E-state index contributed by atoms with van der Waals surface area (Å²) in [7, 11) is 0. The number of likely N-dealkylation sites (tertiary alicyclic amines) is 1. The Hall–Kier alpha value is -2.57. The summed E-state index contributed by atoms with van der Waals surface area (Å²) in [6, 6.07) is 15.0. The molecule has 1 fully saturated rings. The quantitative estimate of drug-likeness (QED) is 0.428. The minimum Gasteiger partial charge on any atom is -0.492 e. The first kappa shape index (κ1) is 21.7. The summed E-state index contributed by atoms with van der Waals surface area (Å²) < 4.78 is 46.5. The molecule has 0 unspecified atom stereocenters. The van der Waals surface area contributed by atoms with E-state index in [2.05, 4.69) is 9.88 Å². The standard InChI is InChI=1S/C24H22ClF3N2O/c25-20-7-3-17(4-8-20)19-5-9-22(29-16-19)18-6-10-23(21(15-18)24(26,27)28)31-14-13-30-11-1-2-12-30/h3-10,15-16H,1-2,11-14H2. The summed E-state index contributed by atoms with van der Waals surface area (Å²) in [5, 5.41) is 0.635. The van der Waals surface area contributed by atoms with E-state index in [0.717, 1.165) is 43.1 Å². The van der Waals surface area contributed by atoms with E-state index in [-0.39, 0.29) is 12.4 Å². The number of ether oxygens (including phenoxy) is 1. The molecule has 3 nitrogen and oxygen atoms in total. The lowest BCUT2D eigenvalue weighted by Gasteiger charge is -2.18. The molecule has 0 saturated carbocycles. The Morgan fingerprint density at radius 1 is 0.903 bits per heavy atom. The second-order valence-corrected chi connectivity index (χ2v) is 7.98. The van der Waals surface area contributed by atoms with Gasteiger partial charge in [-0.15, -0.1) is 0 Å². The second kappa shape index (κ2) is 9.28. The normalized spacial score (nSPS) is 14.7. The maximum absolute atomic E-state index is 13.7. The summed E-state index contributed by atoms with van der Waals surface area (Å²) in [6.45, 7) is 2.82. The zero-order valence-corrected chi connectivity index (χ0v) is 17.6. The van der Waals surface area contributed by atoms with Gasteiger partial charge in [-0.25, -0.2) is 0 Å². The summed E-state index contributed by atoms with van der Waals surface area (Å²) in [5.74, 6) is -0.145. The van der Waals surface area contributed by atoms with E-state index in [4.69, 9.17) is 16.3 Å². The highest BCUT2D eigenvalue weighted by Gasteiger charge is 2.35. The number of halogens is 4. The Kier molecular flexibility index (Phi) is 6.49. The van der Waals surface area contributed by atoms with Gasteiger partial charge in [-0.3, -0.25) is 9.88 Å². The maximum Gasteiger partial charge on any atom is 0.419 e. The molecule has 4 rings (SSSR count). The minimum absolute atomic E-state index is 0.145. The van der Waals surface area contributed by atoms with Crippen molar-refractivity contribution in [2.45, 2.75) is 19.0 Å². The van der Waals surface area contributed by atoms with Crippen molar-refractivity contribution in [1.82, 2.24) is 9.88 Å². The van der Waals surface area contributed by atoms with Crippen LogP contribution in [-0.4, -0.2) is 36.1 Å². The van der Waals surface area contributed by atoms with Crippen LogP contribution in [0.4, 0.5) is 13.2 Å². The van der Waals surface area contributed by atoms with Gasteiger partial charge >= 0.3 is 6.18 Å². The van der Waals surface area contributed by atoms with E-state index < -0.39 is 11.7 Å². The molecule has 1 aliphatic heterocycles. The molecular weight excluding hydrogens is 425 g/mol. The number of alkyl halides is 3. The van der Waals surface area contributed by atoms with Crippen LogP contribution in [0.15, 0.2) is 60.8 Å². The van der Waals surface area contributed by atoms with Crippen LogP contribution in [0.3, 0.4) is 0 Å². The predicted octanol–water partition coefficient (Wildman–Crippen LogP) is 6.56. The molecule has 3 aromatic rings. The molecule has 0 N–H and O–H groups in total. The van der Waals surface area contributed by atoms with E-state index in [1.54, 1.807) is 30.5 Å². The van der Waals surface area contributed by atoms with Crippen molar-refractivity contribution >= 4 is 11.6 Å². The van der Waals surface area contributed by atoms with Crippen molar-refractivity contribution in [3.63, 3.8) is 0 Å². The van der Waals surface area contributed by atoms with Crippen LogP contribution in [-0.2, 0) is 6.18 Å². The van der Waals surface area contributed by atoms with Crippen LogP contribution < -0.4 is 4.74 Å². The molecule has 0 aliphatic carbocycles. The fraction of sp³-hybridized carbons (Fsp3) is 0.292. The Bertz CT molecular complexity index is 1010. The van der Waals surface area contributed by atoms with Crippen molar-refractivity contribution in [3.05, 3.63) is 71.4 Å². The molecule has 0 radical (unpaired) electrons. The molecule has 1 aliphatic rings. The van der Waals surface area contributed by atoms with Gasteiger partial charge in [-0.1, -0.05) is 29.8 Å². The highest BCUT2D eigenvalue weighted by Crippen LogP contribution is 2.38. The molecule has 162 valence electrons. The van der Waals surface area contributed by atoms with Crippen molar-refractivity contribution < 1.29 is 17.9 Å². The summed E-state index contributed by atoms with van der Waals surface area (Å²) >= 11 is 5.91. The van der Waals surface area contributed by atoms with Crippen molar-refractivity contribution in [2.75, 3.05) is 26.2 Å². The van der Waals surface area contributed by atoms with Crippen LogP contribution in [0.2, 0.25) is 5.02 Å². The van der Waals surface area contributed by atoms with Gasteiger partial charge in [-0.2, -0.15) is 13.2 Å². The first-order chi connectivity index (χ1) is 14.9. The van der Waals surface area contributed by atoms with E-state index in [1.165, 1.54) is 6.07 Å². The largest absolute Gasteiger partial charge is 0.492 e. The topological polar surface area (TPSA) is 25.4 Å². The van der Waals surface area contributed by atoms with Crippen molar-refractivity contribution in [1.29, 1.82) is 0 Å². The number of aromatic nitrogens is 1. The molecule has 1 saturated heterocycles. The maximum atomic E-state index is 13.7. The fourth-order valence-electron chi connectivity index (χ4n) is 3.71. The van der Waals surface area contributed by atoms with Crippen LogP contribution in [0, 0.1) is 0 Å². The van der Waals surface area contributed by atoms with Crippen LogP contribution in [0.1, 0.15) is 18.4 Å². The predicted molar refractivity (Wildman–Crippen MR) is 116 cm³/mol. The molecule has 7 heteroatoms. The molecule has 2 aromatic carbocycles. The Labute approximate surface area is 184 Å². The van der Waals surface area contributed by atoms with Crippen LogP contribution >= 0.6 is 11.6 Å². The molecule has 0 spiro atoms. The lowest BCUT2D eigenvalue weighted by molar-refractivity contribution is -0.138. The molecule has 0 amide bonds. The lowest BCUT2D eigenvalue weighted by Crippen LogP contribution is -2.25. The average Bonchev–Trinajstić information content (AvgIpc) is 3.27. The third-order valence-corrected chi connectivity index (χ3v) is 5.64. The van der Waals surface area contributed by atoms with Gasteiger partial charge in [0.05, 0.1) is 11.3 Å². The van der Waals surface area contributed by atoms with Crippen LogP contribution in [0.5, 0.6) is 5.75 Å². The smallest absolute Gasteiger partial charge is 0.419 e. The highest BCUT2D eigenvalue weighted by atomic mass is 35.5. The van der Waals surface area contributed by atoms with Gasteiger partial charge < -0.3 is 4.74 Å². The SMILES string of the molecule is FC(F)(F)c1cc(-c2ccc(-c3ccc(Cl)cc3)cn2)ccc1OCCN1CCCC1. The van der Waals surface area contributed by atoms with Crippen molar-refractivity contribution in [3.8, 4) is 28.1 Å². The number of hydrogen-bond donors (Lipinski definition) is 0. The van der Waals surface area contributed by atoms with E-state index in [9.17, 15) is 13.2 Å². The van der Waals surface area contributed by atoms with Gasteiger partial charge in [0, 0.05) is 28.9 Å². The zero-order valence-electron chi connectivity index (χ0n) is 16.8. The number of hydrogen-bond acceptors (Lipinski definition) is 3. The monoisotopic (exact) mass is 446 g/mol. The molecule has 31 heavy (non-hydrogen) atoms. The number of nitrogens with zero attached hydrogens (tertiary/aromatic N) is 2. The van der Waals surface area contributed by atoms with Crippen molar-refractivity contribution in [2.24, 2.45) is 0 Å².